The Labute approximate surface area is 262 Å². The van der Waals surface area contributed by atoms with Gasteiger partial charge >= 0.3 is 5.97 Å². The SMILES string of the molecule is Cc1ccc(-c2c(C)noc2C)cc1N(CCN1CCN(CC(=O)OC(C)(C)C)CC1)c1ccc(-n2ccnc2)c(Br)c1. The van der Waals surface area contributed by atoms with Crippen LogP contribution < -0.4 is 4.90 Å². The summed E-state index contributed by atoms with van der Waals surface area (Å²) in [5.41, 5.74) is 7.01. The summed E-state index contributed by atoms with van der Waals surface area (Å²) >= 11 is 3.82. The van der Waals surface area contributed by atoms with Crippen LogP contribution in [0.2, 0.25) is 0 Å². The first-order valence-electron chi connectivity index (χ1n) is 14.7. The maximum atomic E-state index is 12.3. The van der Waals surface area contributed by atoms with Gasteiger partial charge in [0.15, 0.2) is 0 Å². The van der Waals surface area contributed by atoms with Crippen LogP contribution >= 0.6 is 15.9 Å². The molecule has 0 aliphatic carbocycles. The molecule has 3 heterocycles. The second kappa shape index (κ2) is 13.0. The molecule has 1 aliphatic heterocycles. The minimum Gasteiger partial charge on any atom is -0.459 e. The maximum Gasteiger partial charge on any atom is 0.320 e. The largest absolute Gasteiger partial charge is 0.459 e. The lowest BCUT2D eigenvalue weighted by Gasteiger charge is -2.36. The molecule has 0 saturated carbocycles. The third-order valence-corrected chi connectivity index (χ3v) is 8.36. The van der Waals surface area contributed by atoms with Crippen LogP contribution in [-0.4, -0.2) is 81.9 Å². The highest BCUT2D eigenvalue weighted by Gasteiger charge is 2.24. The summed E-state index contributed by atoms with van der Waals surface area (Å²) in [5, 5.41) is 4.19. The molecule has 4 aromatic rings. The molecule has 1 saturated heterocycles. The number of aryl methyl sites for hydroxylation is 3. The van der Waals surface area contributed by atoms with E-state index in [4.69, 9.17) is 9.26 Å². The normalized spacial score (nSPS) is 14.7. The highest BCUT2D eigenvalue weighted by Crippen LogP contribution is 2.36. The molecule has 0 bridgehead atoms. The number of benzene rings is 2. The topological polar surface area (TPSA) is 79.9 Å². The fourth-order valence-corrected chi connectivity index (χ4v) is 6.15. The predicted molar refractivity (Wildman–Crippen MR) is 173 cm³/mol. The van der Waals surface area contributed by atoms with Crippen LogP contribution in [0.15, 0.2) is 64.1 Å². The second-order valence-corrected chi connectivity index (χ2v) is 13.0. The van der Waals surface area contributed by atoms with Gasteiger partial charge in [-0.2, -0.15) is 0 Å². The van der Waals surface area contributed by atoms with E-state index in [1.165, 1.54) is 5.56 Å². The monoisotopic (exact) mass is 648 g/mol. The van der Waals surface area contributed by atoms with Crippen molar-refractivity contribution in [3.63, 3.8) is 0 Å². The van der Waals surface area contributed by atoms with E-state index in [1.807, 2.05) is 45.4 Å². The summed E-state index contributed by atoms with van der Waals surface area (Å²) in [7, 11) is 0. The number of halogens is 1. The third-order valence-electron chi connectivity index (χ3n) is 7.72. The van der Waals surface area contributed by atoms with Crippen molar-refractivity contribution in [2.24, 2.45) is 0 Å². The van der Waals surface area contributed by atoms with E-state index in [1.54, 1.807) is 12.5 Å². The molecular weight excluding hydrogens is 608 g/mol. The van der Waals surface area contributed by atoms with E-state index in [-0.39, 0.29) is 5.97 Å². The Balaban J connectivity index is 1.37. The predicted octanol–water partition coefficient (Wildman–Crippen LogP) is 6.31. The molecule has 0 unspecified atom stereocenters. The summed E-state index contributed by atoms with van der Waals surface area (Å²) in [5.74, 6) is 0.654. The lowest BCUT2D eigenvalue weighted by Crippen LogP contribution is -2.50. The van der Waals surface area contributed by atoms with Gasteiger partial charge < -0.3 is 18.7 Å². The molecule has 9 nitrogen and oxygen atoms in total. The standard InChI is InChI=1S/C33H41BrN6O3/c1-23-7-8-26(32-24(2)36-43-25(32)3)19-30(23)40(27-9-10-29(28(34)20-27)39-12-11-35-22-39)18-17-37-13-15-38(16-14-37)21-31(41)42-33(4,5)6/h7-12,19-20,22H,13-18,21H2,1-6H3. The Bertz CT molecular complexity index is 1530. The van der Waals surface area contributed by atoms with Crippen molar-refractivity contribution in [2.75, 3.05) is 50.7 Å². The molecule has 10 heteroatoms. The fraction of sp³-hybridized carbons (Fsp3) is 0.424. The van der Waals surface area contributed by atoms with Gasteiger partial charge in [0.05, 0.1) is 24.3 Å². The highest BCUT2D eigenvalue weighted by molar-refractivity contribution is 9.10. The van der Waals surface area contributed by atoms with Crippen molar-refractivity contribution in [3.05, 3.63) is 76.6 Å². The van der Waals surface area contributed by atoms with E-state index in [2.05, 4.69) is 84.1 Å². The fourth-order valence-electron chi connectivity index (χ4n) is 5.58. The average Bonchev–Trinajstić information content (AvgIpc) is 3.59. The molecule has 5 rings (SSSR count). The second-order valence-electron chi connectivity index (χ2n) is 12.2. The van der Waals surface area contributed by atoms with Crippen molar-refractivity contribution in [1.29, 1.82) is 0 Å². The van der Waals surface area contributed by atoms with Gasteiger partial charge in [-0.25, -0.2) is 4.98 Å². The van der Waals surface area contributed by atoms with E-state index in [9.17, 15) is 4.79 Å². The van der Waals surface area contributed by atoms with E-state index in [0.29, 0.717) is 6.54 Å². The molecule has 2 aromatic carbocycles. The summed E-state index contributed by atoms with van der Waals surface area (Å²) in [6.45, 7) is 17.3. The number of hydrogen-bond acceptors (Lipinski definition) is 8. The molecule has 2 aromatic heterocycles. The Morgan fingerprint density at radius 3 is 2.42 bits per heavy atom. The minimum atomic E-state index is -0.463. The molecule has 0 spiro atoms. The molecule has 0 N–H and O–H groups in total. The number of carbonyl (C=O) groups excluding carboxylic acids is 1. The minimum absolute atomic E-state index is 0.162. The Morgan fingerprint density at radius 2 is 1.79 bits per heavy atom. The molecule has 228 valence electrons. The van der Waals surface area contributed by atoms with Crippen LogP contribution in [0.1, 0.15) is 37.8 Å². The van der Waals surface area contributed by atoms with Crippen molar-refractivity contribution in [1.82, 2.24) is 24.5 Å². The average molecular weight is 650 g/mol. The number of rotatable bonds is 9. The summed E-state index contributed by atoms with van der Waals surface area (Å²) in [4.78, 5) is 23.6. The highest BCUT2D eigenvalue weighted by atomic mass is 79.9. The summed E-state index contributed by atoms with van der Waals surface area (Å²) < 4.78 is 14.0. The molecule has 43 heavy (non-hydrogen) atoms. The first kappa shape index (κ1) is 31.0. The zero-order valence-corrected chi connectivity index (χ0v) is 27.5. The van der Waals surface area contributed by atoms with Crippen molar-refractivity contribution < 1.29 is 14.1 Å². The van der Waals surface area contributed by atoms with Gasteiger partial charge in [0.1, 0.15) is 11.4 Å². The van der Waals surface area contributed by atoms with Gasteiger partial charge in [0.2, 0.25) is 0 Å². The molecule has 0 atom stereocenters. The van der Waals surface area contributed by atoms with E-state index < -0.39 is 5.60 Å². The van der Waals surface area contributed by atoms with Gasteiger partial charge in [-0.05, 0) is 92.9 Å². The number of imidazole rings is 1. The number of anilines is 2. The van der Waals surface area contributed by atoms with Crippen LogP contribution in [0.25, 0.3) is 16.8 Å². The number of carbonyl (C=O) groups is 1. The first-order valence-corrected chi connectivity index (χ1v) is 15.5. The van der Waals surface area contributed by atoms with Gasteiger partial charge in [0, 0.05) is 73.1 Å². The maximum absolute atomic E-state index is 12.3. The van der Waals surface area contributed by atoms with E-state index >= 15 is 0 Å². The molecule has 0 amide bonds. The van der Waals surface area contributed by atoms with Crippen LogP contribution in [0.4, 0.5) is 11.4 Å². The van der Waals surface area contributed by atoms with Gasteiger partial charge in [-0.1, -0.05) is 17.3 Å². The quantitative estimate of drug-likeness (QED) is 0.195. The summed E-state index contributed by atoms with van der Waals surface area (Å²) in [6, 6.07) is 13.0. The first-order chi connectivity index (χ1) is 20.5. The molecule has 1 fully saturated rings. The Hall–Kier alpha value is -3.47. The van der Waals surface area contributed by atoms with Crippen LogP contribution in [0, 0.1) is 20.8 Å². The van der Waals surface area contributed by atoms with Crippen molar-refractivity contribution in [3.8, 4) is 16.8 Å². The summed E-state index contributed by atoms with van der Waals surface area (Å²) in [6.07, 6.45) is 5.53. The Kier molecular flexibility index (Phi) is 9.39. The third kappa shape index (κ3) is 7.55. The van der Waals surface area contributed by atoms with Gasteiger partial charge in [-0.3, -0.25) is 14.6 Å². The lowest BCUT2D eigenvalue weighted by atomic mass is 10.0. The number of piperazine rings is 1. The van der Waals surface area contributed by atoms with Gasteiger partial charge in [0.25, 0.3) is 0 Å². The van der Waals surface area contributed by atoms with Crippen LogP contribution in [0.5, 0.6) is 0 Å². The van der Waals surface area contributed by atoms with Gasteiger partial charge in [-0.15, -0.1) is 0 Å². The van der Waals surface area contributed by atoms with Crippen LogP contribution in [-0.2, 0) is 9.53 Å². The number of nitrogens with zero attached hydrogens (tertiary/aromatic N) is 6. The van der Waals surface area contributed by atoms with Crippen molar-refractivity contribution in [2.45, 2.75) is 47.1 Å². The number of esters is 1. The van der Waals surface area contributed by atoms with E-state index in [0.717, 1.165) is 83.4 Å². The zero-order chi connectivity index (χ0) is 30.7. The molecule has 1 aliphatic rings. The number of ether oxygens (including phenoxy) is 1. The van der Waals surface area contributed by atoms with Crippen LogP contribution in [0.3, 0.4) is 0 Å². The van der Waals surface area contributed by atoms with Crippen molar-refractivity contribution >= 4 is 33.3 Å². The Morgan fingerprint density at radius 1 is 1.05 bits per heavy atom. The smallest absolute Gasteiger partial charge is 0.320 e. The molecular formula is C33H41BrN6O3. The molecule has 0 radical (unpaired) electrons. The number of hydrogen-bond donors (Lipinski definition) is 0. The number of aromatic nitrogens is 3. The lowest BCUT2D eigenvalue weighted by molar-refractivity contribution is -0.156. The zero-order valence-electron chi connectivity index (χ0n) is 25.9.